The highest BCUT2D eigenvalue weighted by Crippen LogP contribution is 1.99. The van der Waals surface area contributed by atoms with E-state index in [0.29, 0.717) is 5.82 Å². The van der Waals surface area contributed by atoms with E-state index in [1.807, 2.05) is 0 Å². The van der Waals surface area contributed by atoms with Gasteiger partial charge in [0.15, 0.2) is 0 Å². The van der Waals surface area contributed by atoms with Gasteiger partial charge in [0.1, 0.15) is 11.9 Å². The fourth-order valence-electron chi connectivity index (χ4n) is 0.866. The molecule has 0 saturated heterocycles. The lowest BCUT2D eigenvalue weighted by Gasteiger charge is -2.04. The van der Waals surface area contributed by atoms with Gasteiger partial charge in [-0.2, -0.15) is 0 Å². The number of carboxylic acids is 1. The maximum atomic E-state index is 10.4. The number of hydrogen-bond donors (Lipinski definition) is 2. The van der Waals surface area contributed by atoms with Gasteiger partial charge in [-0.1, -0.05) is 0 Å². The molecule has 70 valence electrons. The topological polar surface area (TPSA) is 89.1 Å². The smallest absolute Gasteiger partial charge is 0.320 e. The first kappa shape index (κ1) is 9.60. The Morgan fingerprint density at radius 2 is 2.15 bits per heavy atom. The number of carboxylic acid groups (broad SMARTS) is 1. The van der Waals surface area contributed by atoms with Crippen LogP contribution in [0, 0.1) is 6.92 Å². The molecule has 0 saturated carbocycles. The zero-order chi connectivity index (χ0) is 9.84. The summed E-state index contributed by atoms with van der Waals surface area (Å²) in [6.45, 7) is 1.76. The Morgan fingerprint density at radius 3 is 2.62 bits per heavy atom. The number of aryl methyl sites for hydroxylation is 1. The summed E-state index contributed by atoms with van der Waals surface area (Å²) in [4.78, 5) is 18.3. The van der Waals surface area contributed by atoms with Crippen LogP contribution in [0.2, 0.25) is 0 Å². The summed E-state index contributed by atoms with van der Waals surface area (Å²) >= 11 is 0. The predicted octanol–water partition coefficient (Wildman–Crippen LogP) is -0.261. The second-order valence-electron chi connectivity index (χ2n) is 2.79. The number of nitrogens with zero attached hydrogens (tertiary/aromatic N) is 2. The predicted molar refractivity (Wildman–Crippen MR) is 46.1 cm³/mol. The maximum Gasteiger partial charge on any atom is 0.320 e. The molecule has 0 bridgehead atoms. The molecule has 5 nitrogen and oxygen atoms in total. The summed E-state index contributed by atoms with van der Waals surface area (Å²) in [5, 5.41) is 8.53. The van der Waals surface area contributed by atoms with Crippen LogP contribution in [0.25, 0.3) is 0 Å². The third kappa shape index (κ3) is 2.79. The first-order valence-corrected chi connectivity index (χ1v) is 3.85. The molecule has 13 heavy (non-hydrogen) atoms. The average molecular weight is 181 g/mol. The molecule has 1 atom stereocenters. The Morgan fingerprint density at radius 1 is 1.62 bits per heavy atom. The minimum Gasteiger partial charge on any atom is -0.480 e. The van der Waals surface area contributed by atoms with E-state index < -0.39 is 12.0 Å². The van der Waals surface area contributed by atoms with Crippen LogP contribution in [-0.2, 0) is 11.2 Å². The molecule has 1 rings (SSSR count). The van der Waals surface area contributed by atoms with Crippen molar-refractivity contribution in [2.24, 2.45) is 5.73 Å². The quantitative estimate of drug-likeness (QED) is 0.670. The van der Waals surface area contributed by atoms with E-state index in [4.69, 9.17) is 10.8 Å². The lowest BCUT2D eigenvalue weighted by atomic mass is 10.1. The van der Waals surface area contributed by atoms with Gasteiger partial charge in [0.2, 0.25) is 0 Å². The zero-order valence-corrected chi connectivity index (χ0v) is 7.27. The number of hydrogen-bond acceptors (Lipinski definition) is 4. The second-order valence-corrected chi connectivity index (χ2v) is 2.79. The summed E-state index contributed by atoms with van der Waals surface area (Å²) in [6, 6.07) is -0.883. The van der Waals surface area contributed by atoms with E-state index in [9.17, 15) is 4.79 Å². The Bertz CT molecular complexity index is 297. The molecule has 0 radical (unpaired) electrons. The van der Waals surface area contributed by atoms with Crippen molar-refractivity contribution < 1.29 is 9.90 Å². The first-order valence-electron chi connectivity index (χ1n) is 3.85. The molecule has 1 heterocycles. The highest BCUT2D eigenvalue weighted by Gasteiger charge is 2.11. The summed E-state index contributed by atoms with van der Waals surface area (Å²) in [5.74, 6) is -0.353. The van der Waals surface area contributed by atoms with Gasteiger partial charge in [-0.25, -0.2) is 9.97 Å². The number of nitrogens with two attached hydrogens (primary N) is 1. The van der Waals surface area contributed by atoms with Crippen LogP contribution >= 0.6 is 0 Å². The SMILES string of the molecule is Cc1ncc(CC(N)C(=O)O)cn1. The molecule has 0 aliphatic carbocycles. The van der Waals surface area contributed by atoms with Crippen LogP contribution < -0.4 is 5.73 Å². The first-order chi connectivity index (χ1) is 6.09. The van der Waals surface area contributed by atoms with Gasteiger partial charge in [0.25, 0.3) is 0 Å². The van der Waals surface area contributed by atoms with Gasteiger partial charge in [-0.3, -0.25) is 4.79 Å². The molecule has 5 heteroatoms. The number of aliphatic carboxylic acids is 1. The molecular weight excluding hydrogens is 170 g/mol. The molecule has 1 aromatic heterocycles. The summed E-state index contributed by atoms with van der Waals surface area (Å²) < 4.78 is 0. The van der Waals surface area contributed by atoms with Crippen molar-refractivity contribution in [3.05, 3.63) is 23.8 Å². The lowest BCUT2D eigenvalue weighted by Crippen LogP contribution is -2.32. The normalized spacial score (nSPS) is 12.5. The van der Waals surface area contributed by atoms with E-state index >= 15 is 0 Å². The third-order valence-electron chi connectivity index (χ3n) is 1.61. The fraction of sp³-hybridized carbons (Fsp3) is 0.375. The largest absolute Gasteiger partial charge is 0.480 e. The van der Waals surface area contributed by atoms with Crippen molar-refractivity contribution in [2.75, 3.05) is 0 Å². The minimum atomic E-state index is -1.01. The molecule has 0 fully saturated rings. The lowest BCUT2D eigenvalue weighted by molar-refractivity contribution is -0.138. The van der Waals surface area contributed by atoms with E-state index in [0.717, 1.165) is 5.56 Å². The van der Waals surface area contributed by atoms with Crippen LogP contribution in [0.15, 0.2) is 12.4 Å². The van der Waals surface area contributed by atoms with Gasteiger partial charge in [0, 0.05) is 18.8 Å². The Balaban J connectivity index is 2.64. The zero-order valence-electron chi connectivity index (χ0n) is 7.27. The van der Waals surface area contributed by atoms with Crippen LogP contribution in [-0.4, -0.2) is 27.1 Å². The molecular formula is C8H11N3O2. The third-order valence-corrected chi connectivity index (χ3v) is 1.61. The Hall–Kier alpha value is -1.49. The van der Waals surface area contributed by atoms with Gasteiger partial charge < -0.3 is 10.8 Å². The standard InChI is InChI=1S/C8H11N3O2/c1-5-10-3-6(4-11-5)2-7(9)8(12)13/h3-4,7H,2,9H2,1H3,(H,12,13). The molecule has 1 aromatic rings. The van der Waals surface area contributed by atoms with Crippen molar-refractivity contribution in [1.82, 2.24) is 9.97 Å². The van der Waals surface area contributed by atoms with Crippen LogP contribution in [0.5, 0.6) is 0 Å². The van der Waals surface area contributed by atoms with Gasteiger partial charge in [0.05, 0.1) is 0 Å². The fourth-order valence-corrected chi connectivity index (χ4v) is 0.866. The average Bonchev–Trinajstić information content (AvgIpc) is 2.08. The highest BCUT2D eigenvalue weighted by molar-refractivity contribution is 5.73. The van der Waals surface area contributed by atoms with E-state index in [2.05, 4.69) is 9.97 Å². The monoisotopic (exact) mass is 181 g/mol. The molecule has 0 aromatic carbocycles. The van der Waals surface area contributed by atoms with Crippen LogP contribution in [0.1, 0.15) is 11.4 Å². The number of rotatable bonds is 3. The van der Waals surface area contributed by atoms with Crippen LogP contribution in [0.4, 0.5) is 0 Å². The summed E-state index contributed by atoms with van der Waals surface area (Å²) in [6.07, 6.45) is 3.44. The molecule has 3 N–H and O–H groups in total. The summed E-state index contributed by atoms with van der Waals surface area (Å²) in [7, 11) is 0. The molecule has 0 aliphatic heterocycles. The Labute approximate surface area is 75.6 Å². The molecule has 0 aliphatic rings. The van der Waals surface area contributed by atoms with Crippen molar-refractivity contribution >= 4 is 5.97 Å². The highest BCUT2D eigenvalue weighted by atomic mass is 16.4. The molecule has 0 amide bonds. The van der Waals surface area contributed by atoms with E-state index in [1.54, 1.807) is 19.3 Å². The van der Waals surface area contributed by atoms with E-state index in [1.165, 1.54) is 0 Å². The van der Waals surface area contributed by atoms with E-state index in [-0.39, 0.29) is 6.42 Å². The van der Waals surface area contributed by atoms with Gasteiger partial charge in [-0.05, 0) is 12.5 Å². The minimum absolute atomic E-state index is 0.260. The maximum absolute atomic E-state index is 10.4. The van der Waals surface area contributed by atoms with Crippen molar-refractivity contribution in [2.45, 2.75) is 19.4 Å². The van der Waals surface area contributed by atoms with Gasteiger partial charge >= 0.3 is 5.97 Å². The summed E-state index contributed by atoms with van der Waals surface area (Å²) in [5.41, 5.74) is 6.07. The van der Waals surface area contributed by atoms with Crippen molar-refractivity contribution in [3.8, 4) is 0 Å². The van der Waals surface area contributed by atoms with Crippen molar-refractivity contribution in [1.29, 1.82) is 0 Å². The van der Waals surface area contributed by atoms with Crippen molar-refractivity contribution in [3.63, 3.8) is 0 Å². The van der Waals surface area contributed by atoms with Crippen LogP contribution in [0.3, 0.4) is 0 Å². The Kier molecular flexibility index (Phi) is 2.92. The second kappa shape index (κ2) is 3.95. The number of aromatic nitrogens is 2. The van der Waals surface area contributed by atoms with Gasteiger partial charge in [-0.15, -0.1) is 0 Å². The molecule has 0 spiro atoms. The molecule has 1 unspecified atom stereocenters. The number of carbonyl (C=O) groups is 1.